The maximum atomic E-state index is 12.4. The molecule has 0 saturated heterocycles. The van der Waals surface area contributed by atoms with E-state index in [4.69, 9.17) is 0 Å². The van der Waals surface area contributed by atoms with Crippen LogP contribution in [0.1, 0.15) is 62.9 Å². The van der Waals surface area contributed by atoms with Crippen molar-refractivity contribution in [3.8, 4) is 0 Å². The fraction of sp³-hybridized carbons (Fsp3) is 0.500. The molecule has 0 fully saturated rings. The molecule has 2 heteroatoms. The maximum Gasteiger partial charge on any atom is 0.231 e. The second-order valence-electron chi connectivity index (χ2n) is 5.48. The minimum absolute atomic E-state index is 0.235. The molecule has 2 rings (SSSR count). The highest BCUT2D eigenvalue weighted by Gasteiger charge is 2.13. The van der Waals surface area contributed by atoms with E-state index in [1.807, 2.05) is 16.7 Å². The average molecular weight is 271 g/mol. The molecule has 20 heavy (non-hydrogen) atoms. The highest BCUT2D eigenvalue weighted by molar-refractivity contribution is 5.93. The summed E-state index contributed by atoms with van der Waals surface area (Å²) in [6.07, 6.45) is 7.48. The number of hydrogen-bond donors (Lipinski definition) is 0. The number of fused-ring (bicyclic) bond motifs is 1. The monoisotopic (exact) mass is 271 g/mol. The van der Waals surface area contributed by atoms with Crippen molar-refractivity contribution in [2.45, 2.75) is 58.8 Å². The van der Waals surface area contributed by atoms with Gasteiger partial charge in [-0.05, 0) is 31.4 Å². The molecule has 0 N–H and O–H groups in total. The first-order valence-electron chi connectivity index (χ1n) is 7.90. The fourth-order valence-electron chi connectivity index (χ4n) is 2.75. The molecule has 108 valence electrons. The van der Waals surface area contributed by atoms with Gasteiger partial charge in [0.05, 0.1) is 5.52 Å². The Balaban J connectivity index is 2.27. The Labute approximate surface area is 121 Å². The molecule has 0 bridgehead atoms. The average Bonchev–Trinajstić information content (AvgIpc) is 2.82. The highest BCUT2D eigenvalue weighted by Crippen LogP contribution is 2.22. The Hall–Kier alpha value is -1.57. The van der Waals surface area contributed by atoms with Crippen molar-refractivity contribution in [3.05, 3.63) is 36.0 Å². The Morgan fingerprint density at radius 2 is 1.85 bits per heavy atom. The molecule has 0 spiro atoms. The molecule has 0 saturated carbocycles. The third-order valence-electron chi connectivity index (χ3n) is 3.79. The second kappa shape index (κ2) is 7.28. The number of aromatic nitrogens is 1. The number of rotatable bonds is 7. The standard InChI is InChI=1S/C18H25NO/c1-3-5-6-7-12-16-14-15-11-8-9-13-17(15)19(16)18(20)10-4-2/h8-9,11,13-14H,3-7,10,12H2,1-2H3. The van der Waals surface area contributed by atoms with Crippen molar-refractivity contribution in [2.75, 3.05) is 0 Å². The molecule has 0 amide bonds. The van der Waals surface area contributed by atoms with E-state index in [0.717, 1.165) is 18.4 Å². The number of hydrogen-bond acceptors (Lipinski definition) is 1. The molecular formula is C18H25NO. The van der Waals surface area contributed by atoms with E-state index in [2.05, 4.69) is 32.0 Å². The van der Waals surface area contributed by atoms with Crippen molar-refractivity contribution in [1.29, 1.82) is 0 Å². The van der Waals surface area contributed by atoms with Gasteiger partial charge in [-0.25, -0.2) is 0 Å². The van der Waals surface area contributed by atoms with Crippen LogP contribution in [-0.2, 0) is 6.42 Å². The molecule has 2 nitrogen and oxygen atoms in total. The van der Waals surface area contributed by atoms with E-state index in [0.29, 0.717) is 6.42 Å². The summed E-state index contributed by atoms with van der Waals surface area (Å²) in [6.45, 7) is 4.28. The Morgan fingerprint density at radius 1 is 1.05 bits per heavy atom. The quantitative estimate of drug-likeness (QED) is 0.634. The summed E-state index contributed by atoms with van der Waals surface area (Å²) >= 11 is 0. The molecule has 0 aliphatic rings. The maximum absolute atomic E-state index is 12.4. The number of aryl methyl sites for hydroxylation is 1. The molecule has 1 heterocycles. The van der Waals surface area contributed by atoms with Gasteiger partial charge >= 0.3 is 0 Å². The van der Waals surface area contributed by atoms with Crippen LogP contribution in [0.5, 0.6) is 0 Å². The third-order valence-corrected chi connectivity index (χ3v) is 3.79. The van der Waals surface area contributed by atoms with E-state index < -0.39 is 0 Å². The molecule has 1 aromatic heterocycles. The van der Waals surface area contributed by atoms with Crippen LogP contribution in [0.4, 0.5) is 0 Å². The summed E-state index contributed by atoms with van der Waals surface area (Å²) in [4.78, 5) is 12.4. The van der Waals surface area contributed by atoms with E-state index >= 15 is 0 Å². The van der Waals surface area contributed by atoms with Crippen LogP contribution in [0, 0.1) is 0 Å². The Bertz CT molecular complexity index is 568. The molecule has 2 aromatic rings. The van der Waals surface area contributed by atoms with Crippen LogP contribution in [0.25, 0.3) is 10.9 Å². The van der Waals surface area contributed by atoms with E-state index in [1.54, 1.807) is 0 Å². The van der Waals surface area contributed by atoms with Crippen molar-refractivity contribution in [2.24, 2.45) is 0 Å². The summed E-state index contributed by atoms with van der Waals surface area (Å²) in [5, 5.41) is 1.18. The molecule has 0 atom stereocenters. The number of para-hydroxylation sites is 1. The number of unbranched alkanes of at least 4 members (excludes halogenated alkanes) is 3. The van der Waals surface area contributed by atoms with Gasteiger partial charge in [0, 0.05) is 17.5 Å². The topological polar surface area (TPSA) is 22.0 Å². The van der Waals surface area contributed by atoms with Crippen LogP contribution in [0.15, 0.2) is 30.3 Å². The number of carbonyl (C=O) groups excluding carboxylic acids is 1. The molecule has 1 aromatic carbocycles. The highest BCUT2D eigenvalue weighted by atomic mass is 16.2. The number of benzene rings is 1. The van der Waals surface area contributed by atoms with Gasteiger partial charge in [0.15, 0.2) is 0 Å². The van der Waals surface area contributed by atoms with Gasteiger partial charge in [0.1, 0.15) is 0 Å². The molecule has 0 unspecified atom stereocenters. The van der Waals surface area contributed by atoms with Crippen LogP contribution >= 0.6 is 0 Å². The van der Waals surface area contributed by atoms with Crippen LogP contribution in [0.3, 0.4) is 0 Å². The zero-order chi connectivity index (χ0) is 14.4. The van der Waals surface area contributed by atoms with Gasteiger partial charge in [-0.2, -0.15) is 0 Å². The van der Waals surface area contributed by atoms with Gasteiger partial charge in [-0.3, -0.25) is 9.36 Å². The third kappa shape index (κ3) is 3.30. The minimum Gasteiger partial charge on any atom is -0.284 e. The van der Waals surface area contributed by atoms with Gasteiger partial charge in [-0.1, -0.05) is 51.3 Å². The first-order chi connectivity index (χ1) is 9.77. The van der Waals surface area contributed by atoms with Crippen molar-refractivity contribution < 1.29 is 4.79 Å². The van der Waals surface area contributed by atoms with Crippen molar-refractivity contribution in [3.63, 3.8) is 0 Å². The zero-order valence-electron chi connectivity index (χ0n) is 12.7. The van der Waals surface area contributed by atoms with E-state index in [1.165, 1.54) is 36.8 Å². The fourth-order valence-corrected chi connectivity index (χ4v) is 2.75. The summed E-state index contributed by atoms with van der Waals surface area (Å²) in [5.74, 6) is 0.235. The lowest BCUT2D eigenvalue weighted by molar-refractivity contribution is 0.0904. The molecular weight excluding hydrogens is 246 g/mol. The smallest absolute Gasteiger partial charge is 0.231 e. The summed E-state index contributed by atoms with van der Waals surface area (Å²) in [6, 6.07) is 10.4. The van der Waals surface area contributed by atoms with Gasteiger partial charge < -0.3 is 0 Å². The lowest BCUT2D eigenvalue weighted by Crippen LogP contribution is -2.13. The minimum atomic E-state index is 0.235. The molecule has 0 aliphatic carbocycles. The number of carbonyl (C=O) groups is 1. The zero-order valence-corrected chi connectivity index (χ0v) is 12.7. The van der Waals surface area contributed by atoms with Crippen LogP contribution in [0.2, 0.25) is 0 Å². The van der Waals surface area contributed by atoms with Crippen LogP contribution < -0.4 is 0 Å². The Kier molecular flexibility index (Phi) is 5.40. The first-order valence-corrected chi connectivity index (χ1v) is 7.90. The normalized spacial score (nSPS) is 11.1. The summed E-state index contributed by atoms with van der Waals surface area (Å²) < 4.78 is 1.95. The van der Waals surface area contributed by atoms with E-state index in [9.17, 15) is 4.79 Å². The lowest BCUT2D eigenvalue weighted by atomic mass is 10.1. The second-order valence-corrected chi connectivity index (χ2v) is 5.48. The van der Waals surface area contributed by atoms with Gasteiger partial charge in [0.25, 0.3) is 0 Å². The predicted molar refractivity (Wildman–Crippen MR) is 85.3 cm³/mol. The molecule has 0 radical (unpaired) electrons. The SMILES string of the molecule is CCCCCCc1cc2ccccc2n1C(=O)CCC. The molecule has 0 aliphatic heterocycles. The van der Waals surface area contributed by atoms with E-state index in [-0.39, 0.29) is 5.91 Å². The number of nitrogens with zero attached hydrogens (tertiary/aromatic N) is 1. The Morgan fingerprint density at radius 3 is 2.60 bits per heavy atom. The van der Waals surface area contributed by atoms with Crippen molar-refractivity contribution >= 4 is 16.8 Å². The summed E-state index contributed by atoms with van der Waals surface area (Å²) in [5.41, 5.74) is 2.25. The van der Waals surface area contributed by atoms with Crippen molar-refractivity contribution in [1.82, 2.24) is 4.57 Å². The van der Waals surface area contributed by atoms with Crippen LogP contribution in [-0.4, -0.2) is 10.5 Å². The lowest BCUT2D eigenvalue weighted by Gasteiger charge is -2.08. The predicted octanol–water partition coefficient (Wildman–Crippen LogP) is 5.20. The van der Waals surface area contributed by atoms with Gasteiger partial charge in [-0.15, -0.1) is 0 Å². The largest absolute Gasteiger partial charge is 0.284 e. The van der Waals surface area contributed by atoms with Gasteiger partial charge in [0.2, 0.25) is 5.91 Å². The first kappa shape index (κ1) is 14.8. The summed E-state index contributed by atoms with van der Waals surface area (Å²) in [7, 11) is 0.